The molecule has 0 saturated carbocycles. The lowest BCUT2D eigenvalue weighted by Crippen LogP contribution is -1.91. The molecule has 62 valence electrons. The predicted molar refractivity (Wildman–Crippen MR) is 48.5 cm³/mol. The first-order chi connectivity index (χ1) is 5.69. The number of nitrogens with zero attached hydrogens (tertiary/aromatic N) is 1. The predicted octanol–water partition coefficient (Wildman–Crippen LogP) is 2.90. The molecule has 0 aliphatic heterocycles. The van der Waals surface area contributed by atoms with E-state index in [1.54, 1.807) is 13.0 Å². The topological polar surface area (TPSA) is 23.8 Å². The molecule has 0 aromatic heterocycles. The molecule has 1 aromatic carbocycles. The van der Waals surface area contributed by atoms with Crippen molar-refractivity contribution in [1.29, 1.82) is 5.26 Å². The summed E-state index contributed by atoms with van der Waals surface area (Å²) in [7, 11) is 0. The molecule has 0 heterocycles. The van der Waals surface area contributed by atoms with Crippen LogP contribution >= 0.6 is 15.9 Å². The second-order valence-corrected chi connectivity index (χ2v) is 3.08. The summed E-state index contributed by atoms with van der Waals surface area (Å²) >= 11 is 3.22. The van der Waals surface area contributed by atoms with E-state index in [-0.39, 0.29) is 5.56 Å². The third kappa shape index (κ3) is 1.64. The highest BCUT2D eigenvalue weighted by Gasteiger charge is 2.06. The summed E-state index contributed by atoms with van der Waals surface area (Å²) in [5.41, 5.74) is 1.68. The fourth-order valence-corrected chi connectivity index (χ4v) is 1.36. The third-order valence-electron chi connectivity index (χ3n) is 1.61. The van der Waals surface area contributed by atoms with Gasteiger partial charge in [-0.2, -0.15) is 5.26 Å². The number of benzene rings is 1. The fourth-order valence-electron chi connectivity index (χ4n) is 1.03. The Bertz CT molecular complexity index is 318. The standard InChI is InChI=1S/C9H7BrFN/c1-6-2-7(4-10)3-9(11)8(6)5-12/h2-3H,4H2,1H3. The van der Waals surface area contributed by atoms with Gasteiger partial charge in [0.05, 0.1) is 5.56 Å². The van der Waals surface area contributed by atoms with Gasteiger partial charge >= 0.3 is 0 Å². The molecule has 12 heavy (non-hydrogen) atoms. The molecule has 1 nitrogen and oxygen atoms in total. The maximum atomic E-state index is 13.1. The van der Waals surface area contributed by atoms with Crippen molar-refractivity contribution in [2.24, 2.45) is 0 Å². The molecule has 0 unspecified atom stereocenters. The van der Waals surface area contributed by atoms with Gasteiger partial charge in [-0.15, -0.1) is 0 Å². The molecule has 0 spiro atoms. The minimum absolute atomic E-state index is 0.139. The number of halogens is 2. The molecule has 0 saturated heterocycles. The normalized spacial score (nSPS) is 9.50. The van der Waals surface area contributed by atoms with Crippen LogP contribution < -0.4 is 0 Å². The summed E-state index contributed by atoms with van der Waals surface area (Å²) in [6.45, 7) is 1.73. The van der Waals surface area contributed by atoms with Gasteiger partial charge in [0.1, 0.15) is 11.9 Å². The van der Waals surface area contributed by atoms with Crippen molar-refractivity contribution in [3.63, 3.8) is 0 Å². The van der Waals surface area contributed by atoms with Crippen molar-refractivity contribution < 1.29 is 4.39 Å². The molecular formula is C9H7BrFN. The van der Waals surface area contributed by atoms with Gasteiger partial charge in [0.25, 0.3) is 0 Å². The second kappa shape index (κ2) is 3.68. The van der Waals surface area contributed by atoms with Crippen molar-refractivity contribution in [1.82, 2.24) is 0 Å². The van der Waals surface area contributed by atoms with Gasteiger partial charge in [-0.1, -0.05) is 22.0 Å². The number of hydrogen-bond donors (Lipinski definition) is 0. The van der Waals surface area contributed by atoms with Crippen LogP contribution in [0.3, 0.4) is 0 Å². The third-order valence-corrected chi connectivity index (χ3v) is 2.26. The minimum atomic E-state index is -0.438. The van der Waals surface area contributed by atoms with Crippen molar-refractivity contribution >= 4 is 15.9 Å². The highest BCUT2D eigenvalue weighted by atomic mass is 79.9. The highest BCUT2D eigenvalue weighted by molar-refractivity contribution is 9.08. The molecule has 0 aliphatic rings. The van der Waals surface area contributed by atoms with Gasteiger partial charge in [0.2, 0.25) is 0 Å². The summed E-state index contributed by atoms with van der Waals surface area (Å²) in [5.74, 6) is -0.438. The van der Waals surface area contributed by atoms with E-state index in [0.29, 0.717) is 10.9 Å². The molecule has 3 heteroatoms. The molecule has 1 aromatic rings. The monoisotopic (exact) mass is 227 g/mol. The first-order valence-corrected chi connectivity index (χ1v) is 4.56. The summed E-state index contributed by atoms with van der Waals surface area (Å²) in [6, 6.07) is 5.00. The Morgan fingerprint density at radius 1 is 1.58 bits per heavy atom. The molecule has 0 bridgehead atoms. The SMILES string of the molecule is Cc1cc(CBr)cc(F)c1C#N. The van der Waals surface area contributed by atoms with Crippen LogP contribution in [-0.2, 0) is 5.33 Å². The van der Waals surface area contributed by atoms with E-state index >= 15 is 0 Å². The zero-order valence-corrected chi connectivity index (χ0v) is 8.15. The Labute approximate surface area is 79.0 Å². The lowest BCUT2D eigenvalue weighted by Gasteiger charge is -2.01. The van der Waals surface area contributed by atoms with E-state index in [1.165, 1.54) is 6.07 Å². The zero-order valence-electron chi connectivity index (χ0n) is 6.56. The smallest absolute Gasteiger partial charge is 0.141 e. The number of rotatable bonds is 1. The number of alkyl halides is 1. The largest absolute Gasteiger partial charge is 0.206 e. The second-order valence-electron chi connectivity index (χ2n) is 2.51. The highest BCUT2D eigenvalue weighted by Crippen LogP contribution is 2.16. The van der Waals surface area contributed by atoms with Gasteiger partial charge < -0.3 is 0 Å². The van der Waals surface area contributed by atoms with Crippen LogP contribution in [0.2, 0.25) is 0 Å². The van der Waals surface area contributed by atoms with Crippen molar-refractivity contribution in [2.75, 3.05) is 0 Å². The lowest BCUT2D eigenvalue weighted by molar-refractivity contribution is 0.621. The van der Waals surface area contributed by atoms with Crippen LogP contribution in [0, 0.1) is 24.1 Å². The minimum Gasteiger partial charge on any atom is -0.206 e. The average molecular weight is 228 g/mol. The maximum absolute atomic E-state index is 13.1. The molecule has 0 fully saturated rings. The molecule has 0 N–H and O–H groups in total. The quantitative estimate of drug-likeness (QED) is 0.678. The van der Waals surface area contributed by atoms with Gasteiger partial charge in [-0.05, 0) is 24.1 Å². The number of nitriles is 1. The lowest BCUT2D eigenvalue weighted by atomic mass is 10.1. The van der Waals surface area contributed by atoms with Gasteiger partial charge in [0.15, 0.2) is 0 Å². The van der Waals surface area contributed by atoms with E-state index in [0.717, 1.165) is 5.56 Å². The van der Waals surface area contributed by atoms with Crippen LogP contribution in [-0.4, -0.2) is 0 Å². The van der Waals surface area contributed by atoms with Crippen molar-refractivity contribution in [2.45, 2.75) is 12.3 Å². The van der Waals surface area contributed by atoms with E-state index in [4.69, 9.17) is 5.26 Å². The molecule has 0 aliphatic carbocycles. The van der Waals surface area contributed by atoms with E-state index in [1.807, 2.05) is 6.07 Å². The Morgan fingerprint density at radius 3 is 2.67 bits per heavy atom. The van der Waals surface area contributed by atoms with E-state index in [2.05, 4.69) is 15.9 Å². The molecule has 0 radical (unpaired) electrons. The van der Waals surface area contributed by atoms with Crippen LogP contribution in [0.5, 0.6) is 0 Å². The van der Waals surface area contributed by atoms with Crippen LogP contribution in [0.1, 0.15) is 16.7 Å². The summed E-state index contributed by atoms with van der Waals surface area (Å²) in [6.07, 6.45) is 0. The average Bonchev–Trinajstić information content (AvgIpc) is 2.03. The van der Waals surface area contributed by atoms with Crippen LogP contribution in [0.15, 0.2) is 12.1 Å². The fraction of sp³-hybridized carbons (Fsp3) is 0.222. The van der Waals surface area contributed by atoms with E-state index in [9.17, 15) is 4.39 Å². The van der Waals surface area contributed by atoms with Gasteiger partial charge in [0, 0.05) is 5.33 Å². The summed E-state index contributed by atoms with van der Waals surface area (Å²) < 4.78 is 13.1. The Hall–Kier alpha value is -0.880. The first-order valence-electron chi connectivity index (χ1n) is 3.44. The number of hydrogen-bond acceptors (Lipinski definition) is 1. The molecule has 1 rings (SSSR count). The van der Waals surface area contributed by atoms with Gasteiger partial charge in [-0.25, -0.2) is 4.39 Å². The summed E-state index contributed by atoms with van der Waals surface area (Å²) in [5, 5.41) is 9.17. The van der Waals surface area contributed by atoms with Crippen LogP contribution in [0.25, 0.3) is 0 Å². The molecule has 0 amide bonds. The maximum Gasteiger partial charge on any atom is 0.141 e. The Balaban J connectivity index is 3.30. The Morgan fingerprint density at radius 2 is 2.25 bits per heavy atom. The van der Waals surface area contributed by atoms with Crippen molar-refractivity contribution in [3.8, 4) is 6.07 Å². The summed E-state index contributed by atoms with van der Waals surface area (Å²) in [4.78, 5) is 0. The van der Waals surface area contributed by atoms with Crippen molar-refractivity contribution in [3.05, 3.63) is 34.6 Å². The zero-order chi connectivity index (χ0) is 9.14. The first kappa shape index (κ1) is 9.21. The molecule has 0 atom stereocenters. The molecular weight excluding hydrogens is 221 g/mol. The van der Waals surface area contributed by atoms with Crippen LogP contribution in [0.4, 0.5) is 4.39 Å². The number of aryl methyl sites for hydroxylation is 1. The van der Waals surface area contributed by atoms with Gasteiger partial charge in [-0.3, -0.25) is 0 Å². The van der Waals surface area contributed by atoms with E-state index < -0.39 is 5.82 Å². The Kier molecular flexibility index (Phi) is 2.83.